The number of carboxylic acid groups (broad SMARTS) is 1. The molecule has 2 nitrogen and oxygen atoms in total. The topological polar surface area (TPSA) is 37.3 Å². The van der Waals surface area contributed by atoms with Gasteiger partial charge in [0.25, 0.3) is 0 Å². The van der Waals surface area contributed by atoms with Gasteiger partial charge in [-0.15, -0.1) is 0 Å². The van der Waals surface area contributed by atoms with Crippen LogP contribution in [0.5, 0.6) is 0 Å². The molecule has 19 heavy (non-hydrogen) atoms. The van der Waals surface area contributed by atoms with Crippen molar-refractivity contribution >= 4 is 5.97 Å². The molecule has 0 saturated heterocycles. The van der Waals surface area contributed by atoms with E-state index in [4.69, 9.17) is 5.11 Å². The van der Waals surface area contributed by atoms with E-state index in [1.165, 1.54) is 64.2 Å². The fourth-order valence-corrected chi connectivity index (χ4v) is 2.16. The van der Waals surface area contributed by atoms with Gasteiger partial charge in [-0.2, -0.15) is 0 Å². The summed E-state index contributed by atoms with van der Waals surface area (Å²) in [6.07, 6.45) is 19.8. The second-order valence-corrected chi connectivity index (χ2v) is 5.37. The van der Waals surface area contributed by atoms with Gasteiger partial charge in [-0.1, -0.05) is 70.4 Å². The van der Waals surface area contributed by atoms with Gasteiger partial charge in [0.05, 0.1) is 0 Å². The standard InChI is InChI=1S/C17H32O2/c1-2-3-4-5-6-7-8-9-10-11-12-13-14-15-16-17(18)19/h5-6H,2-4,7-16H2,1H3,(H,18,19)/b6-5-. The van der Waals surface area contributed by atoms with Gasteiger partial charge in [0.15, 0.2) is 0 Å². The molecule has 0 fully saturated rings. The second kappa shape index (κ2) is 15.3. The van der Waals surface area contributed by atoms with E-state index in [0.29, 0.717) is 6.42 Å². The highest BCUT2D eigenvalue weighted by molar-refractivity contribution is 5.66. The van der Waals surface area contributed by atoms with Crippen molar-refractivity contribution in [1.29, 1.82) is 0 Å². The van der Waals surface area contributed by atoms with Gasteiger partial charge in [-0.3, -0.25) is 4.79 Å². The summed E-state index contributed by atoms with van der Waals surface area (Å²) in [5, 5.41) is 8.50. The molecule has 0 aromatic rings. The smallest absolute Gasteiger partial charge is 0.303 e. The van der Waals surface area contributed by atoms with Crippen molar-refractivity contribution in [2.75, 3.05) is 0 Å². The Bertz CT molecular complexity index is 221. The van der Waals surface area contributed by atoms with Crippen LogP contribution in [0.3, 0.4) is 0 Å². The van der Waals surface area contributed by atoms with Gasteiger partial charge in [0.2, 0.25) is 0 Å². The second-order valence-electron chi connectivity index (χ2n) is 5.37. The Morgan fingerprint density at radius 2 is 1.26 bits per heavy atom. The molecule has 0 spiro atoms. The van der Waals surface area contributed by atoms with Crippen LogP contribution in [0.1, 0.15) is 90.4 Å². The molecule has 2 heteroatoms. The minimum absolute atomic E-state index is 0.338. The van der Waals surface area contributed by atoms with E-state index in [1.807, 2.05) is 0 Å². The third-order valence-electron chi connectivity index (χ3n) is 3.40. The maximum Gasteiger partial charge on any atom is 0.303 e. The lowest BCUT2D eigenvalue weighted by Crippen LogP contribution is -1.93. The van der Waals surface area contributed by atoms with E-state index < -0.39 is 5.97 Å². The van der Waals surface area contributed by atoms with Crippen LogP contribution < -0.4 is 0 Å². The van der Waals surface area contributed by atoms with Crippen molar-refractivity contribution in [3.63, 3.8) is 0 Å². The van der Waals surface area contributed by atoms with Gasteiger partial charge >= 0.3 is 5.97 Å². The molecular weight excluding hydrogens is 236 g/mol. The van der Waals surface area contributed by atoms with Crippen LogP contribution in [0.25, 0.3) is 0 Å². The molecule has 0 aliphatic rings. The molecule has 0 heterocycles. The van der Waals surface area contributed by atoms with Crippen molar-refractivity contribution in [3.05, 3.63) is 12.2 Å². The van der Waals surface area contributed by atoms with E-state index in [9.17, 15) is 4.79 Å². The molecule has 0 aliphatic heterocycles. The molecule has 0 radical (unpaired) electrons. The van der Waals surface area contributed by atoms with Crippen LogP contribution in [-0.2, 0) is 4.79 Å². The number of hydrogen-bond acceptors (Lipinski definition) is 1. The highest BCUT2D eigenvalue weighted by atomic mass is 16.4. The van der Waals surface area contributed by atoms with Crippen molar-refractivity contribution in [1.82, 2.24) is 0 Å². The summed E-state index contributed by atoms with van der Waals surface area (Å²) in [5.41, 5.74) is 0. The third-order valence-corrected chi connectivity index (χ3v) is 3.40. The molecule has 0 aliphatic carbocycles. The number of carboxylic acids is 1. The lowest BCUT2D eigenvalue weighted by atomic mass is 10.1. The first-order valence-corrected chi connectivity index (χ1v) is 8.14. The van der Waals surface area contributed by atoms with E-state index in [0.717, 1.165) is 12.8 Å². The largest absolute Gasteiger partial charge is 0.481 e. The Hall–Kier alpha value is -0.790. The van der Waals surface area contributed by atoms with Crippen molar-refractivity contribution < 1.29 is 9.90 Å². The number of hydrogen-bond donors (Lipinski definition) is 1. The normalized spacial score (nSPS) is 11.2. The van der Waals surface area contributed by atoms with E-state index >= 15 is 0 Å². The summed E-state index contributed by atoms with van der Waals surface area (Å²) >= 11 is 0. The first kappa shape index (κ1) is 18.2. The fraction of sp³-hybridized carbons (Fsp3) is 0.824. The monoisotopic (exact) mass is 268 g/mol. The van der Waals surface area contributed by atoms with Crippen molar-refractivity contribution in [2.45, 2.75) is 90.4 Å². The van der Waals surface area contributed by atoms with Crippen LogP contribution in [0.15, 0.2) is 12.2 Å². The zero-order valence-corrected chi connectivity index (χ0v) is 12.7. The molecule has 1 N–H and O–H groups in total. The minimum Gasteiger partial charge on any atom is -0.481 e. The highest BCUT2D eigenvalue weighted by Crippen LogP contribution is 2.11. The quantitative estimate of drug-likeness (QED) is 0.323. The van der Waals surface area contributed by atoms with Gasteiger partial charge < -0.3 is 5.11 Å². The first-order chi connectivity index (χ1) is 9.27. The summed E-state index contributed by atoms with van der Waals surface area (Å²) in [5.74, 6) is -0.660. The number of carbonyl (C=O) groups is 1. The number of unbranched alkanes of at least 4 members (excludes halogenated alkanes) is 10. The molecule has 112 valence electrons. The summed E-state index contributed by atoms with van der Waals surface area (Å²) in [6.45, 7) is 2.23. The molecular formula is C17H32O2. The predicted octanol–water partition coefficient (Wildman–Crippen LogP) is 5.72. The lowest BCUT2D eigenvalue weighted by molar-refractivity contribution is -0.137. The third kappa shape index (κ3) is 17.2. The number of aliphatic carboxylic acids is 1. The zero-order chi connectivity index (χ0) is 14.2. The van der Waals surface area contributed by atoms with Crippen LogP contribution in [0, 0.1) is 0 Å². The molecule has 0 aromatic heterocycles. The van der Waals surface area contributed by atoms with E-state index in [2.05, 4.69) is 19.1 Å². The molecule has 0 amide bonds. The van der Waals surface area contributed by atoms with Crippen molar-refractivity contribution in [2.24, 2.45) is 0 Å². The van der Waals surface area contributed by atoms with Crippen LogP contribution in [-0.4, -0.2) is 11.1 Å². The minimum atomic E-state index is -0.660. The van der Waals surface area contributed by atoms with Gasteiger partial charge in [-0.25, -0.2) is 0 Å². The zero-order valence-electron chi connectivity index (χ0n) is 12.7. The molecule has 0 saturated carbocycles. The summed E-state index contributed by atoms with van der Waals surface area (Å²) in [4.78, 5) is 10.3. The molecule has 0 unspecified atom stereocenters. The Kier molecular flexibility index (Phi) is 14.6. The SMILES string of the molecule is CCCC/C=C\CCCCCCCCCCC(=O)O. The average Bonchev–Trinajstić information content (AvgIpc) is 2.39. The fourth-order valence-electron chi connectivity index (χ4n) is 2.16. The van der Waals surface area contributed by atoms with Crippen LogP contribution >= 0.6 is 0 Å². The van der Waals surface area contributed by atoms with Crippen LogP contribution in [0.2, 0.25) is 0 Å². The Morgan fingerprint density at radius 3 is 1.79 bits per heavy atom. The van der Waals surface area contributed by atoms with E-state index in [1.54, 1.807) is 0 Å². The number of allylic oxidation sites excluding steroid dienone is 2. The summed E-state index contributed by atoms with van der Waals surface area (Å²) < 4.78 is 0. The highest BCUT2D eigenvalue weighted by Gasteiger charge is 1.96. The Morgan fingerprint density at radius 1 is 0.789 bits per heavy atom. The Labute approximate surface area is 119 Å². The summed E-state index contributed by atoms with van der Waals surface area (Å²) in [6, 6.07) is 0. The number of rotatable bonds is 14. The van der Waals surface area contributed by atoms with Crippen molar-refractivity contribution in [3.8, 4) is 0 Å². The van der Waals surface area contributed by atoms with Gasteiger partial charge in [-0.05, 0) is 25.7 Å². The molecule has 0 atom stereocenters. The summed E-state index contributed by atoms with van der Waals surface area (Å²) in [7, 11) is 0. The molecule has 0 rings (SSSR count). The Balaban J connectivity index is 3.02. The lowest BCUT2D eigenvalue weighted by Gasteiger charge is -2.00. The van der Waals surface area contributed by atoms with Gasteiger partial charge in [0.1, 0.15) is 0 Å². The maximum absolute atomic E-state index is 10.3. The molecule has 0 bridgehead atoms. The van der Waals surface area contributed by atoms with Crippen LogP contribution in [0.4, 0.5) is 0 Å². The van der Waals surface area contributed by atoms with E-state index in [-0.39, 0.29) is 0 Å². The van der Waals surface area contributed by atoms with Gasteiger partial charge in [0, 0.05) is 6.42 Å². The molecule has 0 aromatic carbocycles. The predicted molar refractivity (Wildman–Crippen MR) is 82.5 cm³/mol. The maximum atomic E-state index is 10.3. The first-order valence-electron chi connectivity index (χ1n) is 8.14. The average molecular weight is 268 g/mol.